The molecule has 0 spiro atoms. The molecule has 1 aromatic heterocycles. The van der Waals surface area contributed by atoms with Crippen molar-refractivity contribution in [1.82, 2.24) is 5.16 Å². The molecule has 4 atom stereocenters. The van der Waals surface area contributed by atoms with Crippen molar-refractivity contribution >= 4 is 17.7 Å². The quantitative estimate of drug-likeness (QED) is 0.782. The second-order valence-corrected chi connectivity index (χ2v) is 4.71. The summed E-state index contributed by atoms with van der Waals surface area (Å²) in [6.45, 7) is 0. The first-order valence-electron chi connectivity index (χ1n) is 5.79. The maximum Gasteiger partial charge on any atom is 0.307 e. The van der Waals surface area contributed by atoms with Gasteiger partial charge in [0.1, 0.15) is 6.26 Å². The number of fused-ring (bicyclic) bond motifs is 2. The minimum absolute atomic E-state index is 0.0167. The highest BCUT2D eigenvalue weighted by molar-refractivity contribution is 5.95. The Balaban J connectivity index is 1.80. The van der Waals surface area contributed by atoms with Crippen LogP contribution in [0.1, 0.15) is 6.42 Å². The van der Waals surface area contributed by atoms with E-state index in [4.69, 9.17) is 0 Å². The largest absolute Gasteiger partial charge is 0.481 e. The predicted octanol–water partition coefficient (Wildman–Crippen LogP) is 1.14. The summed E-state index contributed by atoms with van der Waals surface area (Å²) in [6, 6.07) is 1.52. The van der Waals surface area contributed by atoms with E-state index in [0.717, 1.165) is 6.42 Å². The molecular weight excluding hydrogens is 236 g/mol. The molecule has 0 aromatic carbocycles. The summed E-state index contributed by atoms with van der Waals surface area (Å²) in [5.41, 5.74) is 0. The molecule has 0 radical (unpaired) electrons. The standard InChI is InChI=1S/C12H12N2O4/c15-11(13-8-3-4-18-14-8)9-6-1-2-7(5-6)10(9)12(16)17/h1-4,6-7,9-10H,5H2,(H,16,17)(H,13,14,15)/t6-,7-,9+,10-/m0/s1. The lowest BCUT2D eigenvalue weighted by Gasteiger charge is -2.23. The fraction of sp³-hybridized carbons (Fsp3) is 0.417. The van der Waals surface area contributed by atoms with Gasteiger partial charge >= 0.3 is 5.97 Å². The first kappa shape index (κ1) is 11.0. The first-order chi connectivity index (χ1) is 8.66. The first-order valence-corrected chi connectivity index (χ1v) is 5.79. The molecule has 1 amide bonds. The van der Waals surface area contributed by atoms with E-state index < -0.39 is 17.8 Å². The van der Waals surface area contributed by atoms with Gasteiger partial charge in [-0.2, -0.15) is 0 Å². The summed E-state index contributed by atoms with van der Waals surface area (Å²) >= 11 is 0. The smallest absolute Gasteiger partial charge is 0.307 e. The van der Waals surface area contributed by atoms with E-state index in [1.54, 1.807) is 0 Å². The van der Waals surface area contributed by atoms with Gasteiger partial charge in [-0.15, -0.1) is 0 Å². The average Bonchev–Trinajstić information content (AvgIpc) is 3.03. The summed E-state index contributed by atoms with van der Waals surface area (Å²) in [6.07, 6.45) is 5.94. The van der Waals surface area contributed by atoms with E-state index >= 15 is 0 Å². The van der Waals surface area contributed by atoms with Gasteiger partial charge in [0.2, 0.25) is 5.91 Å². The molecule has 1 saturated carbocycles. The van der Waals surface area contributed by atoms with Gasteiger partial charge in [-0.3, -0.25) is 9.59 Å². The highest BCUT2D eigenvalue weighted by Gasteiger charge is 2.51. The topological polar surface area (TPSA) is 92.4 Å². The number of rotatable bonds is 3. The van der Waals surface area contributed by atoms with Crippen LogP contribution in [0.4, 0.5) is 5.82 Å². The van der Waals surface area contributed by atoms with Crippen LogP contribution in [-0.4, -0.2) is 22.1 Å². The predicted molar refractivity (Wildman–Crippen MR) is 60.5 cm³/mol. The Kier molecular flexibility index (Phi) is 2.43. The van der Waals surface area contributed by atoms with Crippen LogP contribution in [0.3, 0.4) is 0 Å². The van der Waals surface area contributed by atoms with Crippen LogP contribution >= 0.6 is 0 Å². The van der Waals surface area contributed by atoms with Crippen molar-refractivity contribution in [2.45, 2.75) is 6.42 Å². The van der Waals surface area contributed by atoms with E-state index in [9.17, 15) is 14.7 Å². The second kappa shape index (κ2) is 3.97. The van der Waals surface area contributed by atoms with Gasteiger partial charge in [-0.05, 0) is 18.3 Å². The number of allylic oxidation sites excluding steroid dienone is 2. The molecule has 3 rings (SSSR count). The zero-order chi connectivity index (χ0) is 12.7. The zero-order valence-electron chi connectivity index (χ0n) is 9.45. The van der Waals surface area contributed by atoms with Crippen LogP contribution in [0.25, 0.3) is 0 Å². The van der Waals surface area contributed by atoms with E-state index in [-0.39, 0.29) is 17.7 Å². The lowest BCUT2D eigenvalue weighted by molar-refractivity contribution is -0.146. The number of hydrogen-bond acceptors (Lipinski definition) is 4. The number of carbonyl (C=O) groups is 2. The zero-order valence-corrected chi connectivity index (χ0v) is 9.45. The number of nitrogens with zero attached hydrogens (tertiary/aromatic N) is 1. The normalized spacial score (nSPS) is 32.7. The molecule has 0 saturated heterocycles. The van der Waals surface area contributed by atoms with E-state index in [2.05, 4.69) is 15.0 Å². The maximum absolute atomic E-state index is 12.1. The van der Waals surface area contributed by atoms with Crippen LogP contribution in [0, 0.1) is 23.7 Å². The van der Waals surface area contributed by atoms with Crippen molar-refractivity contribution < 1.29 is 19.2 Å². The van der Waals surface area contributed by atoms with Crippen molar-refractivity contribution in [3.05, 3.63) is 24.5 Å². The number of carbonyl (C=O) groups excluding carboxylic acids is 1. The Morgan fingerprint density at radius 1 is 1.33 bits per heavy atom. The molecular formula is C12H12N2O4. The van der Waals surface area contributed by atoms with Gasteiger partial charge in [0, 0.05) is 6.07 Å². The molecule has 1 aromatic rings. The summed E-state index contributed by atoms with van der Waals surface area (Å²) in [5.74, 6) is -2.05. The summed E-state index contributed by atoms with van der Waals surface area (Å²) < 4.78 is 4.62. The van der Waals surface area contributed by atoms with Gasteiger partial charge in [-0.1, -0.05) is 17.3 Å². The Hall–Kier alpha value is -2.11. The van der Waals surface area contributed by atoms with Crippen LogP contribution in [0.15, 0.2) is 29.0 Å². The van der Waals surface area contributed by atoms with Gasteiger partial charge < -0.3 is 14.9 Å². The molecule has 1 heterocycles. The number of carboxylic acids is 1. The van der Waals surface area contributed by atoms with Crippen LogP contribution in [-0.2, 0) is 9.59 Å². The Labute approximate surface area is 103 Å². The monoisotopic (exact) mass is 248 g/mol. The van der Waals surface area contributed by atoms with E-state index in [1.807, 2.05) is 12.2 Å². The molecule has 94 valence electrons. The maximum atomic E-state index is 12.1. The summed E-state index contributed by atoms with van der Waals surface area (Å²) in [5, 5.41) is 15.4. The lowest BCUT2D eigenvalue weighted by Crippen LogP contribution is -2.36. The minimum atomic E-state index is -0.910. The van der Waals surface area contributed by atoms with E-state index in [1.165, 1.54) is 12.3 Å². The van der Waals surface area contributed by atoms with Gasteiger partial charge in [0.25, 0.3) is 0 Å². The third-order valence-corrected chi connectivity index (χ3v) is 3.74. The molecule has 18 heavy (non-hydrogen) atoms. The highest BCUT2D eigenvalue weighted by Crippen LogP contribution is 2.48. The van der Waals surface area contributed by atoms with E-state index in [0.29, 0.717) is 5.82 Å². The molecule has 0 unspecified atom stereocenters. The summed E-state index contributed by atoms with van der Waals surface area (Å²) in [7, 11) is 0. The number of hydrogen-bond donors (Lipinski definition) is 2. The molecule has 6 nitrogen and oxygen atoms in total. The van der Waals surface area contributed by atoms with Crippen LogP contribution in [0.5, 0.6) is 0 Å². The average molecular weight is 248 g/mol. The second-order valence-electron chi connectivity index (χ2n) is 4.71. The van der Waals surface area contributed by atoms with Crippen molar-refractivity contribution in [2.75, 3.05) is 5.32 Å². The van der Waals surface area contributed by atoms with Crippen molar-refractivity contribution in [3.63, 3.8) is 0 Å². The van der Waals surface area contributed by atoms with Gasteiger partial charge in [-0.25, -0.2) is 0 Å². The third kappa shape index (κ3) is 1.61. The van der Waals surface area contributed by atoms with Crippen molar-refractivity contribution in [3.8, 4) is 0 Å². The molecule has 2 aliphatic carbocycles. The number of carboxylic acid groups (broad SMARTS) is 1. The molecule has 2 aliphatic rings. The minimum Gasteiger partial charge on any atom is -0.481 e. The Morgan fingerprint density at radius 2 is 2.06 bits per heavy atom. The number of aliphatic carboxylic acids is 1. The van der Waals surface area contributed by atoms with Gasteiger partial charge in [0.05, 0.1) is 11.8 Å². The fourth-order valence-electron chi connectivity index (χ4n) is 3.00. The molecule has 2 N–H and O–H groups in total. The number of amides is 1. The SMILES string of the molecule is O=C(O)[C@@H]1[C@H](C(=O)Nc2ccon2)[C@H]2C=C[C@H]1C2. The Bertz CT molecular complexity index is 508. The third-order valence-electron chi connectivity index (χ3n) is 3.74. The van der Waals surface area contributed by atoms with Gasteiger partial charge in [0.15, 0.2) is 5.82 Å². The van der Waals surface area contributed by atoms with Crippen molar-refractivity contribution in [2.24, 2.45) is 23.7 Å². The Morgan fingerprint density at radius 3 is 2.67 bits per heavy atom. The number of aromatic nitrogens is 1. The number of anilines is 1. The van der Waals surface area contributed by atoms with Crippen molar-refractivity contribution in [1.29, 1.82) is 0 Å². The summed E-state index contributed by atoms with van der Waals surface area (Å²) in [4.78, 5) is 23.4. The molecule has 1 fully saturated rings. The molecule has 0 aliphatic heterocycles. The number of nitrogens with one attached hydrogen (secondary N) is 1. The fourth-order valence-corrected chi connectivity index (χ4v) is 3.00. The highest BCUT2D eigenvalue weighted by atomic mass is 16.5. The lowest BCUT2D eigenvalue weighted by atomic mass is 9.82. The van der Waals surface area contributed by atoms with Crippen LogP contribution < -0.4 is 5.32 Å². The van der Waals surface area contributed by atoms with Crippen LogP contribution in [0.2, 0.25) is 0 Å². The molecule has 2 bridgehead atoms. The molecule has 6 heteroatoms.